The second kappa shape index (κ2) is 6.20. The molecule has 0 amide bonds. The number of aromatic amines is 1. The van der Waals surface area contributed by atoms with E-state index in [9.17, 15) is 4.79 Å². The monoisotopic (exact) mass is 272 g/mol. The van der Waals surface area contributed by atoms with Crippen LogP contribution in [-0.2, 0) is 11.3 Å². The highest BCUT2D eigenvalue weighted by atomic mass is 16.5. The van der Waals surface area contributed by atoms with Crippen LogP contribution < -0.4 is 10.9 Å². The van der Waals surface area contributed by atoms with Gasteiger partial charge in [0, 0.05) is 30.8 Å². The molecular weight excluding hydrogens is 252 g/mol. The summed E-state index contributed by atoms with van der Waals surface area (Å²) in [6.07, 6.45) is 3.81. The van der Waals surface area contributed by atoms with Crippen LogP contribution in [0.4, 0.5) is 0 Å². The first kappa shape index (κ1) is 13.3. The molecule has 0 saturated carbocycles. The predicted molar refractivity (Wildman–Crippen MR) is 79.9 cm³/mol. The number of hydrogen-bond donors (Lipinski definition) is 2. The zero-order chi connectivity index (χ0) is 13.8. The number of benzene rings is 1. The maximum atomic E-state index is 12.0. The molecule has 20 heavy (non-hydrogen) atoms. The number of rotatable bonds is 4. The van der Waals surface area contributed by atoms with Crippen LogP contribution in [0, 0.1) is 0 Å². The summed E-state index contributed by atoms with van der Waals surface area (Å²) in [6, 6.07) is 9.80. The van der Waals surface area contributed by atoms with Gasteiger partial charge in [0.1, 0.15) is 0 Å². The summed E-state index contributed by atoms with van der Waals surface area (Å²) in [4.78, 5) is 14.9. The Morgan fingerprint density at radius 3 is 3.05 bits per heavy atom. The standard InChI is InChI=1S/C16H20N2O2/c19-16-13(9-12-5-1-2-7-15(12)18-16)10-17-11-14-6-3-4-8-20-14/h1-2,5,7,9,14,17H,3-4,6,8,10-11H2,(H,18,19). The molecule has 1 aromatic heterocycles. The molecule has 0 spiro atoms. The van der Waals surface area contributed by atoms with Gasteiger partial charge in [0.05, 0.1) is 6.10 Å². The van der Waals surface area contributed by atoms with E-state index < -0.39 is 0 Å². The van der Waals surface area contributed by atoms with Crippen molar-refractivity contribution >= 4 is 10.9 Å². The van der Waals surface area contributed by atoms with Gasteiger partial charge in [0.25, 0.3) is 5.56 Å². The lowest BCUT2D eigenvalue weighted by Crippen LogP contribution is -2.32. The molecule has 1 aliphatic heterocycles. The van der Waals surface area contributed by atoms with Crippen molar-refractivity contribution in [1.82, 2.24) is 10.3 Å². The number of fused-ring (bicyclic) bond motifs is 1. The summed E-state index contributed by atoms with van der Waals surface area (Å²) >= 11 is 0. The summed E-state index contributed by atoms with van der Waals surface area (Å²) < 4.78 is 5.67. The average Bonchev–Trinajstić information content (AvgIpc) is 2.49. The fourth-order valence-electron chi connectivity index (χ4n) is 2.66. The zero-order valence-electron chi connectivity index (χ0n) is 11.5. The number of ether oxygens (including phenoxy) is 1. The van der Waals surface area contributed by atoms with E-state index in [1.807, 2.05) is 30.3 Å². The van der Waals surface area contributed by atoms with Gasteiger partial charge in [0.15, 0.2) is 0 Å². The third kappa shape index (κ3) is 3.08. The molecule has 2 heterocycles. The second-order valence-electron chi connectivity index (χ2n) is 5.33. The molecule has 2 N–H and O–H groups in total. The van der Waals surface area contributed by atoms with Gasteiger partial charge in [-0.2, -0.15) is 0 Å². The van der Waals surface area contributed by atoms with Crippen LogP contribution in [0.5, 0.6) is 0 Å². The predicted octanol–water partition coefficient (Wildman–Crippen LogP) is 2.19. The van der Waals surface area contributed by atoms with E-state index in [2.05, 4.69) is 10.3 Å². The SMILES string of the molecule is O=c1[nH]c2ccccc2cc1CNCC1CCCCO1. The normalized spacial score (nSPS) is 19.3. The van der Waals surface area contributed by atoms with Crippen LogP contribution in [0.25, 0.3) is 10.9 Å². The van der Waals surface area contributed by atoms with E-state index in [-0.39, 0.29) is 5.56 Å². The van der Waals surface area contributed by atoms with Gasteiger partial charge in [-0.3, -0.25) is 4.79 Å². The molecule has 2 aromatic rings. The van der Waals surface area contributed by atoms with Crippen molar-refractivity contribution in [3.8, 4) is 0 Å². The van der Waals surface area contributed by atoms with Crippen molar-refractivity contribution in [3.63, 3.8) is 0 Å². The van der Waals surface area contributed by atoms with E-state index in [4.69, 9.17) is 4.74 Å². The number of para-hydroxylation sites is 1. The first-order valence-electron chi connectivity index (χ1n) is 7.26. The largest absolute Gasteiger partial charge is 0.377 e. The van der Waals surface area contributed by atoms with Gasteiger partial charge >= 0.3 is 0 Å². The van der Waals surface area contributed by atoms with Crippen molar-refractivity contribution in [2.75, 3.05) is 13.2 Å². The van der Waals surface area contributed by atoms with Crippen LogP contribution in [-0.4, -0.2) is 24.2 Å². The number of hydrogen-bond acceptors (Lipinski definition) is 3. The maximum Gasteiger partial charge on any atom is 0.252 e. The fourth-order valence-corrected chi connectivity index (χ4v) is 2.66. The van der Waals surface area contributed by atoms with Crippen LogP contribution in [0.2, 0.25) is 0 Å². The van der Waals surface area contributed by atoms with E-state index in [0.29, 0.717) is 12.6 Å². The summed E-state index contributed by atoms with van der Waals surface area (Å²) in [5, 5.41) is 4.40. The van der Waals surface area contributed by atoms with Crippen molar-refractivity contribution in [3.05, 3.63) is 46.2 Å². The Morgan fingerprint density at radius 2 is 2.20 bits per heavy atom. The average molecular weight is 272 g/mol. The van der Waals surface area contributed by atoms with Gasteiger partial charge < -0.3 is 15.0 Å². The Bertz CT molecular complexity index is 630. The molecular formula is C16H20N2O2. The Balaban J connectivity index is 1.64. The lowest BCUT2D eigenvalue weighted by atomic mass is 10.1. The fraction of sp³-hybridized carbons (Fsp3) is 0.438. The Kier molecular flexibility index (Phi) is 4.14. The molecule has 0 aliphatic carbocycles. The van der Waals surface area contributed by atoms with Crippen molar-refractivity contribution in [1.29, 1.82) is 0 Å². The highest BCUT2D eigenvalue weighted by Gasteiger charge is 2.13. The number of pyridine rings is 1. The highest BCUT2D eigenvalue weighted by molar-refractivity contribution is 5.78. The molecule has 4 heteroatoms. The van der Waals surface area contributed by atoms with Gasteiger partial charge in [0.2, 0.25) is 0 Å². The topological polar surface area (TPSA) is 54.1 Å². The Hall–Kier alpha value is -1.65. The Morgan fingerprint density at radius 1 is 1.30 bits per heavy atom. The van der Waals surface area contributed by atoms with Crippen molar-refractivity contribution in [2.24, 2.45) is 0 Å². The molecule has 0 radical (unpaired) electrons. The first-order valence-corrected chi connectivity index (χ1v) is 7.26. The molecule has 1 fully saturated rings. The van der Waals surface area contributed by atoms with Crippen molar-refractivity contribution < 1.29 is 4.74 Å². The van der Waals surface area contributed by atoms with Crippen LogP contribution in [0.1, 0.15) is 24.8 Å². The van der Waals surface area contributed by atoms with Gasteiger partial charge in [-0.15, -0.1) is 0 Å². The van der Waals surface area contributed by atoms with Crippen LogP contribution >= 0.6 is 0 Å². The molecule has 1 aromatic carbocycles. The molecule has 0 bridgehead atoms. The Labute approximate surface area is 118 Å². The molecule has 1 atom stereocenters. The molecule has 1 unspecified atom stereocenters. The van der Waals surface area contributed by atoms with E-state index in [1.54, 1.807) is 0 Å². The summed E-state index contributed by atoms with van der Waals surface area (Å²) in [5.74, 6) is 0. The number of aromatic nitrogens is 1. The molecule has 1 saturated heterocycles. The second-order valence-corrected chi connectivity index (χ2v) is 5.33. The summed E-state index contributed by atoms with van der Waals surface area (Å²) in [6.45, 7) is 2.26. The van der Waals surface area contributed by atoms with E-state index in [0.717, 1.165) is 36.0 Å². The first-order chi connectivity index (χ1) is 9.83. The maximum absolute atomic E-state index is 12.0. The van der Waals surface area contributed by atoms with E-state index >= 15 is 0 Å². The lowest BCUT2D eigenvalue weighted by Gasteiger charge is -2.22. The van der Waals surface area contributed by atoms with Crippen LogP contribution in [0.15, 0.2) is 35.1 Å². The van der Waals surface area contributed by atoms with Gasteiger partial charge in [-0.1, -0.05) is 18.2 Å². The molecule has 1 aliphatic rings. The van der Waals surface area contributed by atoms with Crippen molar-refractivity contribution in [2.45, 2.75) is 31.9 Å². The van der Waals surface area contributed by atoms with Gasteiger partial charge in [-0.25, -0.2) is 0 Å². The smallest absolute Gasteiger partial charge is 0.252 e. The highest BCUT2D eigenvalue weighted by Crippen LogP contribution is 2.12. The quantitative estimate of drug-likeness (QED) is 0.897. The number of nitrogens with one attached hydrogen (secondary N) is 2. The zero-order valence-corrected chi connectivity index (χ0v) is 11.5. The molecule has 3 rings (SSSR count). The number of H-pyrrole nitrogens is 1. The lowest BCUT2D eigenvalue weighted by molar-refractivity contribution is 0.0168. The summed E-state index contributed by atoms with van der Waals surface area (Å²) in [5.41, 5.74) is 1.65. The molecule has 106 valence electrons. The minimum Gasteiger partial charge on any atom is -0.377 e. The van der Waals surface area contributed by atoms with Crippen LogP contribution in [0.3, 0.4) is 0 Å². The minimum absolute atomic E-state index is 0.0132. The van der Waals surface area contributed by atoms with E-state index in [1.165, 1.54) is 12.8 Å². The third-order valence-corrected chi connectivity index (χ3v) is 3.79. The summed E-state index contributed by atoms with van der Waals surface area (Å²) in [7, 11) is 0. The minimum atomic E-state index is -0.0132. The third-order valence-electron chi connectivity index (χ3n) is 3.79. The molecule has 4 nitrogen and oxygen atoms in total. The van der Waals surface area contributed by atoms with Gasteiger partial charge in [-0.05, 0) is 36.8 Å².